The smallest absolute Gasteiger partial charge is 0.230 e. The molecule has 1 aromatic heterocycles. The van der Waals surface area contributed by atoms with Gasteiger partial charge in [-0.1, -0.05) is 29.3 Å². The Morgan fingerprint density at radius 1 is 1.23 bits per heavy atom. The molecule has 3 N–H and O–H groups in total. The summed E-state index contributed by atoms with van der Waals surface area (Å²) in [4.78, 5) is 22.7. The summed E-state index contributed by atoms with van der Waals surface area (Å²) >= 11 is 12.0. The van der Waals surface area contributed by atoms with Gasteiger partial charge in [0.1, 0.15) is 0 Å². The number of nitrogens with one attached hydrogen (secondary N) is 1. The van der Waals surface area contributed by atoms with Gasteiger partial charge in [0.25, 0.3) is 0 Å². The first-order chi connectivity index (χ1) is 10.5. The van der Waals surface area contributed by atoms with Crippen LogP contribution in [0.15, 0.2) is 30.5 Å². The summed E-state index contributed by atoms with van der Waals surface area (Å²) in [5, 5.41) is 7.65. The summed E-state index contributed by atoms with van der Waals surface area (Å²) in [5.41, 5.74) is 5.63. The summed E-state index contributed by atoms with van der Waals surface area (Å²) in [6.07, 6.45) is 1.89. The Balaban J connectivity index is 1.96. The summed E-state index contributed by atoms with van der Waals surface area (Å²) in [5.74, 6) is -0.303. The molecule has 0 aliphatic carbocycles. The normalized spacial score (nSPS) is 10.5. The van der Waals surface area contributed by atoms with Crippen molar-refractivity contribution in [3.05, 3.63) is 46.1 Å². The number of carbonyl (C=O) groups is 2. The molecule has 1 aromatic carbocycles. The molecule has 116 valence electrons. The maximum Gasteiger partial charge on any atom is 0.230 e. The predicted octanol–water partition coefficient (Wildman–Crippen LogP) is 2.25. The van der Waals surface area contributed by atoms with E-state index in [1.54, 1.807) is 30.5 Å². The highest BCUT2D eigenvalue weighted by molar-refractivity contribution is 6.36. The van der Waals surface area contributed by atoms with Gasteiger partial charge in [-0.05, 0) is 17.7 Å². The minimum Gasteiger partial charge on any atom is -0.370 e. The number of nitrogens with two attached hydrogens (primary N) is 1. The van der Waals surface area contributed by atoms with Gasteiger partial charge in [-0.3, -0.25) is 14.3 Å². The van der Waals surface area contributed by atoms with Crippen molar-refractivity contribution in [3.8, 4) is 0 Å². The van der Waals surface area contributed by atoms with Gasteiger partial charge in [-0.25, -0.2) is 0 Å². The van der Waals surface area contributed by atoms with Crippen LogP contribution in [0, 0.1) is 0 Å². The third-order valence-electron chi connectivity index (χ3n) is 2.89. The lowest BCUT2D eigenvalue weighted by Crippen LogP contribution is -2.16. The monoisotopic (exact) mass is 340 g/mol. The molecule has 0 atom stereocenters. The number of nitrogens with zero attached hydrogens (tertiary/aromatic N) is 2. The fourth-order valence-corrected chi connectivity index (χ4v) is 2.36. The van der Waals surface area contributed by atoms with E-state index < -0.39 is 5.91 Å². The largest absolute Gasteiger partial charge is 0.370 e. The highest BCUT2D eigenvalue weighted by atomic mass is 35.5. The zero-order valence-corrected chi connectivity index (χ0v) is 13.1. The molecule has 0 aliphatic rings. The van der Waals surface area contributed by atoms with E-state index in [1.807, 2.05) is 0 Å². The molecular weight excluding hydrogens is 327 g/mol. The van der Waals surface area contributed by atoms with Crippen molar-refractivity contribution in [1.29, 1.82) is 0 Å². The number of aryl methyl sites for hydroxylation is 1. The molecule has 1 heterocycles. The fraction of sp³-hybridized carbons (Fsp3) is 0.214. The van der Waals surface area contributed by atoms with E-state index in [0.29, 0.717) is 28.0 Å². The number of primary amides is 1. The summed E-state index contributed by atoms with van der Waals surface area (Å²) in [6.45, 7) is 0.363. The lowest BCUT2D eigenvalue weighted by molar-refractivity contribution is -0.118. The third kappa shape index (κ3) is 4.47. The number of benzene rings is 1. The number of hydrogen-bond acceptors (Lipinski definition) is 3. The standard InChI is InChI=1S/C14H14Cl2N4O2/c15-10-2-1-3-11(16)9(10)8-14(22)18-13-5-7-20(19-13)6-4-12(17)21/h1-3,5,7H,4,6,8H2,(H2,17,21)(H,18,19,22). The average Bonchev–Trinajstić information content (AvgIpc) is 2.88. The van der Waals surface area contributed by atoms with Crippen molar-refractivity contribution in [2.45, 2.75) is 19.4 Å². The molecule has 6 nitrogen and oxygen atoms in total. The van der Waals surface area contributed by atoms with Gasteiger partial charge in [0.2, 0.25) is 11.8 Å². The van der Waals surface area contributed by atoms with Crippen LogP contribution in [0.25, 0.3) is 0 Å². The molecular formula is C14H14Cl2N4O2. The first-order valence-electron chi connectivity index (χ1n) is 6.50. The molecule has 0 saturated heterocycles. The first-order valence-corrected chi connectivity index (χ1v) is 7.26. The Morgan fingerprint density at radius 2 is 1.91 bits per heavy atom. The van der Waals surface area contributed by atoms with Crippen LogP contribution in [0.1, 0.15) is 12.0 Å². The van der Waals surface area contributed by atoms with Gasteiger partial charge in [0.15, 0.2) is 5.82 Å². The molecule has 2 aromatic rings. The lowest BCUT2D eigenvalue weighted by atomic mass is 10.1. The number of halogens is 2. The number of rotatable bonds is 6. The van der Waals surface area contributed by atoms with Crippen LogP contribution in [0.2, 0.25) is 10.0 Å². The van der Waals surface area contributed by atoms with Gasteiger partial charge in [-0.15, -0.1) is 0 Å². The molecule has 22 heavy (non-hydrogen) atoms. The van der Waals surface area contributed by atoms with E-state index in [4.69, 9.17) is 28.9 Å². The van der Waals surface area contributed by atoms with E-state index >= 15 is 0 Å². The molecule has 0 aliphatic heterocycles. The first kappa shape index (κ1) is 16.3. The topological polar surface area (TPSA) is 90.0 Å². The Kier molecular flexibility index (Phi) is 5.41. The van der Waals surface area contributed by atoms with Gasteiger partial charge in [0, 0.05) is 35.3 Å². The maximum atomic E-state index is 12.0. The Bertz CT molecular complexity index is 680. The van der Waals surface area contributed by atoms with Crippen LogP contribution in [-0.2, 0) is 22.6 Å². The van der Waals surface area contributed by atoms with Crippen LogP contribution >= 0.6 is 23.2 Å². The molecule has 0 saturated carbocycles. The average molecular weight is 341 g/mol. The molecule has 0 fully saturated rings. The van der Waals surface area contributed by atoms with Crippen molar-refractivity contribution in [3.63, 3.8) is 0 Å². The minimum absolute atomic E-state index is 0.0483. The van der Waals surface area contributed by atoms with Crippen LogP contribution < -0.4 is 11.1 Å². The summed E-state index contributed by atoms with van der Waals surface area (Å²) in [6, 6.07) is 6.70. The van der Waals surface area contributed by atoms with Gasteiger partial charge < -0.3 is 11.1 Å². The molecule has 8 heteroatoms. The second-order valence-electron chi connectivity index (χ2n) is 4.61. The van der Waals surface area contributed by atoms with Gasteiger partial charge in [-0.2, -0.15) is 5.10 Å². The van der Waals surface area contributed by atoms with Crippen molar-refractivity contribution < 1.29 is 9.59 Å². The van der Waals surface area contributed by atoms with Crippen LogP contribution in [0.3, 0.4) is 0 Å². The molecule has 0 spiro atoms. The van der Waals surface area contributed by atoms with Crippen molar-refractivity contribution in [1.82, 2.24) is 9.78 Å². The second-order valence-corrected chi connectivity index (χ2v) is 5.42. The van der Waals surface area contributed by atoms with Gasteiger partial charge >= 0.3 is 0 Å². The van der Waals surface area contributed by atoms with Crippen LogP contribution in [-0.4, -0.2) is 21.6 Å². The minimum atomic E-state index is -0.408. The predicted molar refractivity (Wildman–Crippen MR) is 84.8 cm³/mol. The SMILES string of the molecule is NC(=O)CCn1ccc(NC(=O)Cc2c(Cl)cccc2Cl)n1. The molecule has 0 unspecified atom stereocenters. The number of carbonyl (C=O) groups excluding carboxylic acids is 2. The number of aromatic nitrogens is 2. The van der Waals surface area contributed by atoms with E-state index in [2.05, 4.69) is 10.4 Å². The second kappa shape index (κ2) is 7.29. The Morgan fingerprint density at radius 3 is 2.55 bits per heavy atom. The Labute approximate surface area is 137 Å². The fourth-order valence-electron chi connectivity index (χ4n) is 1.83. The van der Waals surface area contributed by atoms with Crippen molar-refractivity contribution >= 4 is 40.8 Å². The summed E-state index contributed by atoms with van der Waals surface area (Å²) in [7, 11) is 0. The van der Waals surface area contributed by atoms with Crippen molar-refractivity contribution in [2.24, 2.45) is 5.73 Å². The third-order valence-corrected chi connectivity index (χ3v) is 3.60. The molecule has 2 amide bonds. The van der Waals surface area contributed by atoms with E-state index in [-0.39, 0.29) is 18.7 Å². The quantitative estimate of drug-likeness (QED) is 0.844. The number of anilines is 1. The van der Waals surface area contributed by atoms with Crippen molar-refractivity contribution in [2.75, 3.05) is 5.32 Å². The molecule has 0 radical (unpaired) electrons. The molecule has 0 bridgehead atoms. The number of hydrogen-bond donors (Lipinski definition) is 2. The highest BCUT2D eigenvalue weighted by Gasteiger charge is 2.12. The molecule has 2 rings (SSSR count). The van der Waals surface area contributed by atoms with Gasteiger partial charge in [0.05, 0.1) is 6.42 Å². The van der Waals surface area contributed by atoms with E-state index in [9.17, 15) is 9.59 Å². The van der Waals surface area contributed by atoms with E-state index in [1.165, 1.54) is 4.68 Å². The zero-order valence-electron chi connectivity index (χ0n) is 11.6. The highest BCUT2D eigenvalue weighted by Crippen LogP contribution is 2.24. The Hall–Kier alpha value is -2.05. The lowest BCUT2D eigenvalue weighted by Gasteiger charge is -2.06. The summed E-state index contributed by atoms with van der Waals surface area (Å²) < 4.78 is 1.53. The number of amides is 2. The van der Waals surface area contributed by atoms with Crippen LogP contribution in [0.5, 0.6) is 0 Å². The van der Waals surface area contributed by atoms with E-state index in [0.717, 1.165) is 0 Å². The van der Waals surface area contributed by atoms with Crippen LogP contribution in [0.4, 0.5) is 5.82 Å². The zero-order chi connectivity index (χ0) is 16.1. The maximum absolute atomic E-state index is 12.0.